The Bertz CT molecular complexity index is 605. The zero-order valence-electron chi connectivity index (χ0n) is 9.68. The van der Waals surface area contributed by atoms with Gasteiger partial charge in [-0.2, -0.15) is 0 Å². The topological polar surface area (TPSA) is 34.1 Å². The lowest BCUT2D eigenvalue weighted by Gasteiger charge is -2.03. The van der Waals surface area contributed by atoms with Crippen LogP contribution < -0.4 is 0 Å². The molecular formula is C13H11BrO2S2. The molecule has 1 unspecified atom stereocenters. The van der Waals surface area contributed by atoms with Crippen LogP contribution in [0.4, 0.5) is 0 Å². The van der Waals surface area contributed by atoms with Gasteiger partial charge in [-0.3, -0.25) is 9.00 Å². The molecule has 2 nitrogen and oxygen atoms in total. The average Bonchev–Trinajstić information content (AvgIpc) is 2.76. The maximum Gasteiger partial charge on any atom is 0.185 e. The van der Waals surface area contributed by atoms with Crippen molar-refractivity contribution in [3.63, 3.8) is 0 Å². The summed E-state index contributed by atoms with van der Waals surface area (Å²) in [5.74, 6) is -0.0371. The summed E-state index contributed by atoms with van der Waals surface area (Å²) in [5.41, 5.74) is 0. The van der Waals surface area contributed by atoms with Gasteiger partial charge in [0.05, 0.1) is 26.3 Å². The van der Waals surface area contributed by atoms with E-state index in [9.17, 15) is 9.00 Å². The molecule has 1 heterocycles. The van der Waals surface area contributed by atoms with Crippen molar-refractivity contribution in [1.82, 2.24) is 0 Å². The van der Waals surface area contributed by atoms with Crippen molar-refractivity contribution >= 4 is 43.8 Å². The molecule has 0 bridgehead atoms. The lowest BCUT2D eigenvalue weighted by Crippen LogP contribution is -2.10. The minimum absolute atomic E-state index is 0.0303. The molecule has 1 atom stereocenters. The number of ketones is 1. The van der Waals surface area contributed by atoms with E-state index in [0.29, 0.717) is 9.77 Å². The predicted octanol–water partition coefficient (Wildman–Crippen LogP) is 3.81. The average molecular weight is 343 g/mol. The molecular weight excluding hydrogens is 332 g/mol. The van der Waals surface area contributed by atoms with Crippen molar-refractivity contribution in [2.24, 2.45) is 0 Å². The van der Waals surface area contributed by atoms with Gasteiger partial charge < -0.3 is 0 Å². The Morgan fingerprint density at radius 1 is 1.28 bits per heavy atom. The highest BCUT2D eigenvalue weighted by Gasteiger charge is 2.15. The van der Waals surface area contributed by atoms with Crippen LogP contribution in [0.1, 0.15) is 14.5 Å². The summed E-state index contributed by atoms with van der Waals surface area (Å²) in [7, 11) is -1.31. The molecule has 18 heavy (non-hydrogen) atoms. The number of rotatable bonds is 4. The smallest absolute Gasteiger partial charge is 0.185 e. The summed E-state index contributed by atoms with van der Waals surface area (Å²) >= 11 is 4.79. The second-order valence-electron chi connectivity index (χ2n) is 3.75. The molecule has 0 aliphatic carbocycles. The largest absolute Gasteiger partial charge is 0.292 e. The van der Waals surface area contributed by atoms with Gasteiger partial charge >= 0.3 is 0 Å². The van der Waals surface area contributed by atoms with Crippen LogP contribution in [0.2, 0.25) is 0 Å². The van der Waals surface area contributed by atoms with Gasteiger partial charge in [-0.05, 0) is 47.1 Å². The summed E-state index contributed by atoms with van der Waals surface area (Å²) in [4.78, 5) is 14.4. The zero-order chi connectivity index (χ0) is 13.1. The SMILES string of the molecule is Cc1ccc(C(=O)CS(=O)c2ccccc2Br)s1. The van der Waals surface area contributed by atoms with Gasteiger partial charge in [-0.1, -0.05) is 12.1 Å². The first-order chi connectivity index (χ1) is 8.58. The standard InChI is InChI=1S/C13H11BrO2S2/c1-9-6-7-12(17-9)11(15)8-18(16)13-5-3-2-4-10(13)14/h2-7H,8H2,1H3. The van der Waals surface area contributed by atoms with Crippen molar-refractivity contribution in [1.29, 1.82) is 0 Å². The van der Waals surface area contributed by atoms with Gasteiger partial charge in [-0.15, -0.1) is 11.3 Å². The number of aryl methyl sites for hydroxylation is 1. The molecule has 1 aromatic carbocycles. The summed E-state index contributed by atoms with van der Waals surface area (Å²) in [5, 5.41) is 0. The number of benzene rings is 1. The Hall–Kier alpha value is -0.780. The lowest BCUT2D eigenvalue weighted by molar-refractivity contribution is 0.102. The van der Waals surface area contributed by atoms with E-state index in [1.807, 2.05) is 31.2 Å². The van der Waals surface area contributed by atoms with E-state index in [4.69, 9.17) is 0 Å². The number of carbonyl (C=O) groups excluding carboxylic acids is 1. The Morgan fingerprint density at radius 3 is 2.61 bits per heavy atom. The van der Waals surface area contributed by atoms with Gasteiger partial charge in [0.1, 0.15) is 0 Å². The van der Waals surface area contributed by atoms with Crippen LogP contribution in [0.25, 0.3) is 0 Å². The Morgan fingerprint density at radius 2 is 2.00 bits per heavy atom. The van der Waals surface area contributed by atoms with Crippen molar-refractivity contribution in [2.75, 3.05) is 5.75 Å². The zero-order valence-corrected chi connectivity index (χ0v) is 12.9. The van der Waals surface area contributed by atoms with Gasteiger partial charge in [0.25, 0.3) is 0 Å². The second-order valence-corrected chi connectivity index (χ2v) is 7.32. The molecule has 94 valence electrons. The Balaban J connectivity index is 2.13. The monoisotopic (exact) mass is 342 g/mol. The first kappa shape index (κ1) is 13.6. The first-order valence-electron chi connectivity index (χ1n) is 5.30. The first-order valence-corrected chi connectivity index (χ1v) is 8.23. The minimum atomic E-state index is -1.31. The number of thiophene rings is 1. The quantitative estimate of drug-likeness (QED) is 0.791. The van der Waals surface area contributed by atoms with Gasteiger partial charge in [0, 0.05) is 9.35 Å². The van der Waals surface area contributed by atoms with Crippen LogP contribution in [-0.2, 0) is 10.8 Å². The molecule has 0 saturated carbocycles. The molecule has 0 amide bonds. The van der Waals surface area contributed by atoms with Crippen LogP contribution in [0.3, 0.4) is 0 Å². The van der Waals surface area contributed by atoms with E-state index in [2.05, 4.69) is 15.9 Å². The summed E-state index contributed by atoms with van der Waals surface area (Å²) in [6.07, 6.45) is 0. The predicted molar refractivity (Wildman–Crippen MR) is 78.8 cm³/mol. The second kappa shape index (κ2) is 5.91. The summed E-state index contributed by atoms with van der Waals surface area (Å²) in [6, 6.07) is 11.0. The van der Waals surface area contributed by atoms with E-state index in [0.717, 1.165) is 9.35 Å². The number of hydrogen-bond donors (Lipinski definition) is 0. The number of halogens is 1. The fraction of sp³-hybridized carbons (Fsp3) is 0.154. The Kier molecular flexibility index (Phi) is 4.48. The van der Waals surface area contributed by atoms with E-state index in [-0.39, 0.29) is 11.5 Å². The minimum Gasteiger partial charge on any atom is -0.292 e. The number of Topliss-reactive ketones (excluding diaryl/α,β-unsaturated/α-hetero) is 1. The van der Waals surface area contributed by atoms with Crippen LogP contribution >= 0.6 is 27.3 Å². The fourth-order valence-electron chi connectivity index (χ4n) is 1.48. The molecule has 0 aliphatic rings. The Labute approximate surface area is 121 Å². The highest BCUT2D eigenvalue weighted by Crippen LogP contribution is 2.21. The molecule has 0 saturated heterocycles. The van der Waals surface area contributed by atoms with E-state index < -0.39 is 10.8 Å². The molecule has 0 fully saturated rings. The maximum absolute atomic E-state index is 12.1. The summed E-state index contributed by atoms with van der Waals surface area (Å²) in [6.45, 7) is 1.95. The highest BCUT2D eigenvalue weighted by molar-refractivity contribution is 9.10. The molecule has 0 N–H and O–H groups in total. The van der Waals surface area contributed by atoms with E-state index >= 15 is 0 Å². The number of hydrogen-bond acceptors (Lipinski definition) is 3. The van der Waals surface area contributed by atoms with Gasteiger partial charge in [0.2, 0.25) is 0 Å². The van der Waals surface area contributed by atoms with Crippen molar-refractivity contribution in [3.8, 4) is 0 Å². The maximum atomic E-state index is 12.1. The van der Waals surface area contributed by atoms with E-state index in [1.54, 1.807) is 12.1 Å². The van der Waals surface area contributed by atoms with Crippen molar-refractivity contribution in [2.45, 2.75) is 11.8 Å². The fourth-order valence-corrected chi connectivity index (χ4v) is 4.27. The molecule has 5 heteroatoms. The molecule has 2 rings (SSSR count). The molecule has 0 aliphatic heterocycles. The van der Waals surface area contributed by atoms with Crippen LogP contribution in [-0.4, -0.2) is 15.7 Å². The van der Waals surface area contributed by atoms with Gasteiger partial charge in [-0.25, -0.2) is 0 Å². The summed E-state index contributed by atoms with van der Waals surface area (Å²) < 4.78 is 12.9. The molecule has 0 spiro atoms. The van der Waals surface area contributed by atoms with Crippen LogP contribution in [0.15, 0.2) is 45.8 Å². The molecule has 2 aromatic rings. The third kappa shape index (κ3) is 3.16. The highest BCUT2D eigenvalue weighted by atomic mass is 79.9. The van der Waals surface area contributed by atoms with Crippen molar-refractivity contribution < 1.29 is 9.00 Å². The van der Waals surface area contributed by atoms with Crippen LogP contribution in [0.5, 0.6) is 0 Å². The lowest BCUT2D eigenvalue weighted by atomic mass is 10.3. The van der Waals surface area contributed by atoms with Gasteiger partial charge in [0.15, 0.2) is 5.78 Å². The van der Waals surface area contributed by atoms with Crippen molar-refractivity contribution in [3.05, 3.63) is 50.6 Å². The normalized spacial score (nSPS) is 12.3. The van der Waals surface area contributed by atoms with E-state index in [1.165, 1.54) is 11.3 Å². The number of carbonyl (C=O) groups is 1. The molecule has 0 radical (unpaired) electrons. The molecule has 1 aromatic heterocycles. The third-order valence-corrected chi connectivity index (χ3v) is 5.73. The van der Waals surface area contributed by atoms with Crippen LogP contribution in [0, 0.1) is 6.92 Å². The third-order valence-electron chi connectivity index (χ3n) is 2.36.